The van der Waals surface area contributed by atoms with Crippen LogP contribution in [-0.2, 0) is 23.9 Å². The molecule has 1 heterocycles. The molecular weight excluding hydrogens is 388 g/mol. The number of carboxylic acids is 1. The van der Waals surface area contributed by atoms with Crippen molar-refractivity contribution < 1.29 is 34.1 Å². The first-order valence-corrected chi connectivity index (χ1v) is 11.1. The topological polar surface area (TPSA) is 110 Å². The molecule has 0 aromatic heterocycles. The summed E-state index contributed by atoms with van der Waals surface area (Å²) in [6.07, 6.45) is 4.10. The number of carbonyl (C=O) groups is 3. The molecule has 164 valence electrons. The van der Waals surface area contributed by atoms with Crippen LogP contribution in [0.3, 0.4) is 0 Å². The van der Waals surface area contributed by atoms with Crippen molar-refractivity contribution in [1.29, 1.82) is 0 Å². The fourth-order valence-corrected chi connectivity index (χ4v) is 8.26. The van der Waals surface area contributed by atoms with Crippen LogP contribution in [0.25, 0.3) is 0 Å². The number of hydrogen-bond acceptors (Lipinski definition) is 6. The van der Waals surface area contributed by atoms with E-state index >= 15 is 0 Å². The van der Waals surface area contributed by atoms with Crippen LogP contribution in [0, 0.1) is 22.7 Å². The van der Waals surface area contributed by atoms with Crippen molar-refractivity contribution in [2.24, 2.45) is 22.7 Å². The monoisotopic (exact) mass is 418 g/mol. The zero-order valence-corrected chi connectivity index (χ0v) is 17.8. The van der Waals surface area contributed by atoms with Gasteiger partial charge in [0.05, 0.1) is 11.7 Å². The van der Waals surface area contributed by atoms with Crippen molar-refractivity contribution >= 4 is 17.5 Å². The number of Topliss-reactive ketones (excluding diaryl/α,β-unsaturated/α-hetero) is 1. The Morgan fingerprint density at radius 2 is 1.87 bits per heavy atom. The lowest BCUT2D eigenvalue weighted by Crippen LogP contribution is -2.74. The number of aliphatic hydroxyl groups excluding tert-OH is 1. The van der Waals surface area contributed by atoms with Gasteiger partial charge >= 0.3 is 5.97 Å². The molecule has 5 rings (SSSR count). The van der Waals surface area contributed by atoms with Crippen molar-refractivity contribution in [2.45, 2.75) is 89.3 Å². The first-order chi connectivity index (χ1) is 14.0. The fraction of sp³-hybridized carbons (Fsp3) is 0.783. The predicted octanol–water partition coefficient (Wildman–Crippen LogP) is 2.40. The number of carboxylic acid groups (broad SMARTS) is 1. The highest BCUT2D eigenvalue weighted by molar-refractivity contribution is 6.36. The van der Waals surface area contributed by atoms with Crippen molar-refractivity contribution in [3.05, 3.63) is 11.6 Å². The van der Waals surface area contributed by atoms with Crippen LogP contribution in [0.5, 0.6) is 0 Å². The van der Waals surface area contributed by atoms with Gasteiger partial charge in [0.2, 0.25) is 0 Å². The third-order valence-corrected chi connectivity index (χ3v) is 9.46. The normalized spacial score (nSPS) is 52.0. The quantitative estimate of drug-likeness (QED) is 0.663. The zero-order chi connectivity index (χ0) is 21.7. The molecule has 1 saturated heterocycles. The lowest BCUT2D eigenvalue weighted by Gasteiger charge is -2.67. The van der Waals surface area contributed by atoms with Crippen molar-refractivity contribution in [3.63, 3.8) is 0 Å². The Morgan fingerprint density at radius 3 is 2.57 bits per heavy atom. The van der Waals surface area contributed by atoms with Gasteiger partial charge in [-0.1, -0.05) is 19.4 Å². The fourth-order valence-electron chi connectivity index (χ4n) is 8.26. The Hall–Kier alpha value is -1.57. The highest BCUT2D eigenvalue weighted by atomic mass is 16.7. The maximum atomic E-state index is 13.0. The molecule has 4 fully saturated rings. The molecule has 30 heavy (non-hydrogen) atoms. The number of rotatable bonds is 2. The summed E-state index contributed by atoms with van der Waals surface area (Å²) in [6, 6.07) is 0. The summed E-state index contributed by atoms with van der Waals surface area (Å²) in [5.41, 5.74) is -2.31. The van der Waals surface area contributed by atoms with Gasteiger partial charge in [0.1, 0.15) is 5.60 Å². The number of ether oxygens (including phenoxy) is 2. The number of allylic oxidation sites excluding steroid dienone is 1. The summed E-state index contributed by atoms with van der Waals surface area (Å²) in [5.74, 6) is -2.41. The van der Waals surface area contributed by atoms with Gasteiger partial charge in [0.25, 0.3) is 5.78 Å². The molecule has 3 saturated carbocycles. The molecular formula is C23H30O7. The Balaban J connectivity index is 1.65. The van der Waals surface area contributed by atoms with Crippen LogP contribution in [0.15, 0.2) is 11.6 Å². The lowest BCUT2D eigenvalue weighted by molar-refractivity contribution is -0.372. The number of aliphatic carboxylic acids is 1. The maximum Gasteiger partial charge on any atom is 0.375 e. The minimum Gasteiger partial charge on any atom is -0.475 e. The molecule has 0 aromatic carbocycles. The van der Waals surface area contributed by atoms with Gasteiger partial charge in [-0.15, -0.1) is 0 Å². The van der Waals surface area contributed by atoms with Crippen LogP contribution >= 0.6 is 0 Å². The van der Waals surface area contributed by atoms with E-state index < -0.39 is 40.8 Å². The van der Waals surface area contributed by atoms with E-state index in [9.17, 15) is 24.6 Å². The molecule has 5 aliphatic rings. The zero-order valence-electron chi connectivity index (χ0n) is 17.8. The van der Waals surface area contributed by atoms with Crippen LogP contribution in [0.1, 0.15) is 65.7 Å². The molecule has 1 unspecified atom stereocenters. The largest absolute Gasteiger partial charge is 0.475 e. The number of hydrogen-bond donors (Lipinski definition) is 2. The van der Waals surface area contributed by atoms with Crippen LogP contribution < -0.4 is 0 Å². The number of aliphatic hydroxyl groups is 1. The minimum absolute atomic E-state index is 0.0311. The average Bonchev–Trinajstić information content (AvgIpc) is 2.80. The van der Waals surface area contributed by atoms with Crippen LogP contribution in [0.2, 0.25) is 0 Å². The van der Waals surface area contributed by atoms with Crippen molar-refractivity contribution in [1.82, 2.24) is 0 Å². The van der Waals surface area contributed by atoms with E-state index in [1.54, 1.807) is 13.0 Å². The van der Waals surface area contributed by atoms with Gasteiger partial charge in [0.15, 0.2) is 12.1 Å². The molecule has 7 nitrogen and oxygen atoms in total. The SMILES string of the molecule is CC1O[C@@]2(C(=O)C(=O)O)CC[C@@]3(O1)[C@@H]1CCC4=CC(=O)CC[C@]4(C)[C@H]1[C@H](O)C[C@]23C. The van der Waals surface area contributed by atoms with Crippen molar-refractivity contribution in [2.75, 3.05) is 0 Å². The molecule has 0 spiro atoms. The van der Waals surface area contributed by atoms with Crippen LogP contribution in [0.4, 0.5) is 0 Å². The number of fused-ring (bicyclic) bond motifs is 3. The van der Waals surface area contributed by atoms with Gasteiger partial charge < -0.3 is 19.7 Å². The smallest absolute Gasteiger partial charge is 0.375 e. The standard InChI is InChI=1S/C23H30O7/c1-12-29-22-8-9-23(30-12,18(26)19(27)28)21(22,3)11-16(25)17-15(22)5-4-13-10-14(24)6-7-20(13,17)2/h10,12,15-17,25H,4-9,11H2,1-3H3,(H,27,28)/t12?,15-,16-,17-,20+,21+,22-,23-/m1/s1. The third-order valence-electron chi connectivity index (χ3n) is 9.46. The number of carbonyl (C=O) groups excluding carboxylic acids is 2. The van der Waals surface area contributed by atoms with Crippen molar-refractivity contribution in [3.8, 4) is 0 Å². The van der Waals surface area contributed by atoms with Gasteiger partial charge in [-0.05, 0) is 68.8 Å². The Labute approximate surface area is 175 Å². The van der Waals surface area contributed by atoms with E-state index in [-0.39, 0.29) is 35.9 Å². The highest BCUT2D eigenvalue weighted by Gasteiger charge is 2.80. The summed E-state index contributed by atoms with van der Waals surface area (Å²) in [6.45, 7) is 5.76. The highest BCUT2D eigenvalue weighted by Crippen LogP contribution is 2.73. The van der Waals surface area contributed by atoms with E-state index in [0.29, 0.717) is 19.3 Å². The Kier molecular flexibility index (Phi) is 4.08. The molecule has 0 amide bonds. The van der Waals surface area contributed by atoms with E-state index in [1.807, 2.05) is 6.92 Å². The predicted molar refractivity (Wildman–Crippen MR) is 104 cm³/mol. The third kappa shape index (κ3) is 2.14. The second-order valence-electron chi connectivity index (χ2n) is 10.5. The van der Waals surface area contributed by atoms with Gasteiger partial charge in [0, 0.05) is 11.8 Å². The summed E-state index contributed by atoms with van der Waals surface area (Å²) in [7, 11) is 0. The first kappa shape index (κ1) is 20.3. The average molecular weight is 418 g/mol. The molecule has 7 heteroatoms. The summed E-state index contributed by atoms with van der Waals surface area (Å²) in [5, 5.41) is 21.0. The maximum absolute atomic E-state index is 13.0. The van der Waals surface area contributed by atoms with E-state index in [4.69, 9.17) is 9.47 Å². The molecule has 8 atom stereocenters. The van der Waals surface area contributed by atoms with Gasteiger partial charge in [-0.2, -0.15) is 0 Å². The summed E-state index contributed by atoms with van der Waals surface area (Å²) >= 11 is 0. The Bertz CT molecular complexity index is 879. The molecule has 1 aliphatic heterocycles. The number of ketones is 2. The van der Waals surface area contributed by atoms with Crippen LogP contribution in [-0.4, -0.2) is 51.3 Å². The summed E-state index contributed by atoms with van der Waals surface area (Å²) < 4.78 is 12.5. The first-order valence-electron chi connectivity index (χ1n) is 11.1. The van der Waals surface area contributed by atoms with E-state index in [2.05, 4.69) is 6.92 Å². The molecule has 2 bridgehead atoms. The minimum atomic E-state index is -1.50. The lowest BCUT2D eigenvalue weighted by atomic mass is 9.43. The van der Waals surface area contributed by atoms with E-state index in [1.165, 1.54) is 0 Å². The van der Waals surface area contributed by atoms with Gasteiger partial charge in [-0.3, -0.25) is 9.59 Å². The van der Waals surface area contributed by atoms with Gasteiger partial charge in [-0.25, -0.2) is 4.79 Å². The molecule has 4 aliphatic carbocycles. The molecule has 0 radical (unpaired) electrons. The summed E-state index contributed by atoms with van der Waals surface area (Å²) in [4.78, 5) is 36.8. The Morgan fingerprint density at radius 1 is 1.13 bits per heavy atom. The molecule has 0 aromatic rings. The second-order valence-corrected chi connectivity index (χ2v) is 10.5. The second kappa shape index (κ2) is 6.02. The molecule has 2 N–H and O–H groups in total. The van der Waals surface area contributed by atoms with E-state index in [0.717, 1.165) is 18.4 Å².